The van der Waals surface area contributed by atoms with E-state index in [0.717, 1.165) is 16.7 Å². The van der Waals surface area contributed by atoms with Crippen LogP contribution >= 0.6 is 0 Å². The molecule has 0 fully saturated rings. The van der Waals surface area contributed by atoms with Crippen molar-refractivity contribution < 1.29 is 19.0 Å². The highest BCUT2D eigenvalue weighted by Gasteiger charge is 2.16. The number of methoxy groups -OCH3 is 1. The summed E-state index contributed by atoms with van der Waals surface area (Å²) < 4.78 is 16.8. The molecule has 0 aliphatic carbocycles. The predicted molar refractivity (Wildman–Crippen MR) is 104 cm³/mol. The quantitative estimate of drug-likeness (QED) is 0.559. The molecule has 0 N–H and O–H groups in total. The summed E-state index contributed by atoms with van der Waals surface area (Å²) in [5, 5.41) is 0. The fourth-order valence-corrected chi connectivity index (χ4v) is 2.69. The van der Waals surface area contributed by atoms with Crippen LogP contribution in [0.4, 0.5) is 0 Å². The maximum Gasteiger partial charge on any atom is 0.338 e. The smallest absolute Gasteiger partial charge is 0.338 e. The third-order valence-corrected chi connectivity index (χ3v) is 4.17. The minimum absolute atomic E-state index is 0.381. The number of carbonyl (C=O) groups excluding carboxylic acids is 1. The Hall–Kier alpha value is -3.27. The Balaban J connectivity index is 1.85. The van der Waals surface area contributed by atoms with Gasteiger partial charge in [0.25, 0.3) is 0 Å². The molecule has 4 heteroatoms. The fourth-order valence-electron chi connectivity index (χ4n) is 2.69. The Labute approximate surface area is 159 Å². The second kappa shape index (κ2) is 8.90. The lowest BCUT2D eigenvalue weighted by Gasteiger charge is -2.16. The minimum Gasteiger partial charge on any atom is -0.485 e. The van der Waals surface area contributed by atoms with Gasteiger partial charge in [0, 0.05) is 0 Å². The van der Waals surface area contributed by atoms with Crippen molar-refractivity contribution in [3.05, 3.63) is 95.1 Å². The molecule has 0 radical (unpaired) electrons. The lowest BCUT2D eigenvalue weighted by atomic mass is 10.1. The summed E-state index contributed by atoms with van der Waals surface area (Å²) >= 11 is 0. The van der Waals surface area contributed by atoms with Crippen LogP contribution in [0.5, 0.6) is 11.5 Å². The molecule has 0 atom stereocenters. The van der Waals surface area contributed by atoms with Gasteiger partial charge in [-0.05, 0) is 35.7 Å². The molecular formula is C23H22O4. The largest absolute Gasteiger partial charge is 0.485 e. The first-order valence-corrected chi connectivity index (χ1v) is 8.74. The Bertz CT molecular complexity index is 889. The van der Waals surface area contributed by atoms with Crippen molar-refractivity contribution in [3.8, 4) is 11.5 Å². The second-order valence-electron chi connectivity index (χ2n) is 6.15. The van der Waals surface area contributed by atoms with Gasteiger partial charge in [0.05, 0.1) is 12.7 Å². The van der Waals surface area contributed by atoms with E-state index in [0.29, 0.717) is 30.3 Å². The zero-order valence-electron chi connectivity index (χ0n) is 15.5. The summed E-state index contributed by atoms with van der Waals surface area (Å²) in [7, 11) is 1.37. The van der Waals surface area contributed by atoms with Crippen LogP contribution in [0.1, 0.15) is 27.0 Å². The second-order valence-corrected chi connectivity index (χ2v) is 6.15. The number of esters is 1. The van der Waals surface area contributed by atoms with Crippen LogP contribution in [0.2, 0.25) is 0 Å². The Kier molecular flexibility index (Phi) is 6.10. The summed E-state index contributed by atoms with van der Waals surface area (Å²) in [5.74, 6) is 0.715. The van der Waals surface area contributed by atoms with Crippen LogP contribution in [0.15, 0.2) is 72.8 Å². The molecule has 138 valence electrons. The van der Waals surface area contributed by atoms with Gasteiger partial charge >= 0.3 is 5.97 Å². The van der Waals surface area contributed by atoms with Gasteiger partial charge in [-0.1, -0.05) is 60.7 Å². The molecule has 0 amide bonds. The van der Waals surface area contributed by atoms with Crippen LogP contribution in [-0.2, 0) is 18.0 Å². The summed E-state index contributed by atoms with van der Waals surface area (Å²) in [6.45, 7) is 2.65. The van der Waals surface area contributed by atoms with E-state index in [1.54, 1.807) is 6.07 Å². The van der Waals surface area contributed by atoms with Crippen LogP contribution in [0.3, 0.4) is 0 Å². The lowest BCUT2D eigenvalue weighted by Crippen LogP contribution is -2.07. The van der Waals surface area contributed by atoms with E-state index in [-0.39, 0.29) is 0 Å². The molecule has 3 rings (SSSR count). The predicted octanol–water partition coefficient (Wildman–Crippen LogP) is 4.94. The van der Waals surface area contributed by atoms with Gasteiger partial charge < -0.3 is 14.2 Å². The van der Waals surface area contributed by atoms with Crippen LogP contribution < -0.4 is 9.47 Å². The normalized spacial score (nSPS) is 10.3. The summed E-state index contributed by atoms with van der Waals surface area (Å²) in [4.78, 5) is 12.0. The Morgan fingerprint density at radius 1 is 0.778 bits per heavy atom. The maximum atomic E-state index is 12.0. The molecule has 0 spiro atoms. The molecule has 0 unspecified atom stereocenters. The van der Waals surface area contributed by atoms with E-state index in [2.05, 4.69) is 0 Å². The molecule has 0 aliphatic rings. The van der Waals surface area contributed by atoms with Crippen molar-refractivity contribution in [2.45, 2.75) is 20.1 Å². The topological polar surface area (TPSA) is 44.8 Å². The molecule has 3 aromatic carbocycles. The third-order valence-electron chi connectivity index (χ3n) is 4.17. The molecule has 0 aromatic heterocycles. The first kappa shape index (κ1) is 18.5. The number of hydrogen-bond acceptors (Lipinski definition) is 4. The SMILES string of the molecule is COC(=O)c1cc(OCc2ccccc2)c(OCc2ccccc2)cc1C. The number of carbonyl (C=O) groups is 1. The molecule has 0 saturated heterocycles. The number of ether oxygens (including phenoxy) is 3. The van der Waals surface area contributed by atoms with E-state index < -0.39 is 5.97 Å². The minimum atomic E-state index is -0.397. The Morgan fingerprint density at radius 3 is 1.74 bits per heavy atom. The highest BCUT2D eigenvalue weighted by atomic mass is 16.5. The van der Waals surface area contributed by atoms with Gasteiger partial charge in [-0.25, -0.2) is 4.79 Å². The van der Waals surface area contributed by atoms with Gasteiger partial charge in [0.15, 0.2) is 11.5 Å². The lowest BCUT2D eigenvalue weighted by molar-refractivity contribution is 0.0599. The number of rotatable bonds is 7. The van der Waals surface area contributed by atoms with Crippen LogP contribution in [0.25, 0.3) is 0 Å². The summed E-state index contributed by atoms with van der Waals surface area (Å²) in [6, 6.07) is 23.3. The van der Waals surface area contributed by atoms with E-state index in [9.17, 15) is 4.79 Å². The molecule has 0 saturated carbocycles. The van der Waals surface area contributed by atoms with Gasteiger partial charge in [0.2, 0.25) is 0 Å². The van der Waals surface area contributed by atoms with Crippen molar-refractivity contribution >= 4 is 5.97 Å². The van der Waals surface area contributed by atoms with E-state index >= 15 is 0 Å². The van der Waals surface area contributed by atoms with Crippen molar-refractivity contribution in [1.29, 1.82) is 0 Å². The zero-order chi connectivity index (χ0) is 19.1. The molecule has 3 aromatic rings. The third kappa shape index (κ3) is 4.88. The number of benzene rings is 3. The molecular weight excluding hydrogens is 340 g/mol. The molecule has 0 aliphatic heterocycles. The number of aryl methyl sites for hydroxylation is 1. The number of hydrogen-bond donors (Lipinski definition) is 0. The van der Waals surface area contributed by atoms with Crippen LogP contribution in [0, 0.1) is 6.92 Å². The summed E-state index contributed by atoms with van der Waals surface area (Å²) in [5.41, 5.74) is 3.33. The van der Waals surface area contributed by atoms with Gasteiger partial charge in [-0.2, -0.15) is 0 Å². The van der Waals surface area contributed by atoms with Crippen LogP contribution in [-0.4, -0.2) is 13.1 Å². The highest BCUT2D eigenvalue weighted by Crippen LogP contribution is 2.32. The standard InChI is InChI=1S/C23H22O4/c1-17-13-21(26-15-18-9-5-3-6-10-18)22(14-20(17)23(24)25-2)27-16-19-11-7-4-8-12-19/h3-14H,15-16H2,1-2H3. The highest BCUT2D eigenvalue weighted by molar-refractivity contribution is 5.91. The van der Waals surface area contributed by atoms with Crippen molar-refractivity contribution in [1.82, 2.24) is 0 Å². The van der Waals surface area contributed by atoms with Gasteiger partial charge in [-0.15, -0.1) is 0 Å². The van der Waals surface area contributed by atoms with Crippen molar-refractivity contribution in [3.63, 3.8) is 0 Å². The maximum absolute atomic E-state index is 12.0. The van der Waals surface area contributed by atoms with Gasteiger partial charge in [-0.3, -0.25) is 0 Å². The van der Waals surface area contributed by atoms with E-state index in [1.807, 2.05) is 73.7 Å². The zero-order valence-corrected chi connectivity index (χ0v) is 15.5. The van der Waals surface area contributed by atoms with Crippen molar-refractivity contribution in [2.75, 3.05) is 7.11 Å². The molecule has 27 heavy (non-hydrogen) atoms. The molecule has 0 bridgehead atoms. The Morgan fingerprint density at radius 2 is 1.26 bits per heavy atom. The van der Waals surface area contributed by atoms with E-state index in [4.69, 9.17) is 14.2 Å². The average Bonchev–Trinajstić information content (AvgIpc) is 2.72. The fraction of sp³-hybridized carbons (Fsp3) is 0.174. The van der Waals surface area contributed by atoms with E-state index in [1.165, 1.54) is 7.11 Å². The first-order valence-electron chi connectivity index (χ1n) is 8.74. The first-order chi connectivity index (χ1) is 13.2. The molecule has 4 nitrogen and oxygen atoms in total. The average molecular weight is 362 g/mol. The summed E-state index contributed by atoms with van der Waals surface area (Å²) in [6.07, 6.45) is 0. The van der Waals surface area contributed by atoms with Gasteiger partial charge in [0.1, 0.15) is 13.2 Å². The monoisotopic (exact) mass is 362 g/mol. The van der Waals surface area contributed by atoms with Crippen molar-refractivity contribution in [2.24, 2.45) is 0 Å². The molecule has 0 heterocycles.